The van der Waals surface area contributed by atoms with Gasteiger partial charge in [-0.15, -0.1) is 0 Å². The van der Waals surface area contributed by atoms with Crippen molar-refractivity contribution in [1.82, 2.24) is 4.98 Å². The van der Waals surface area contributed by atoms with Crippen LogP contribution in [-0.2, 0) is 0 Å². The second kappa shape index (κ2) is 3.75. The molecule has 0 spiro atoms. The minimum atomic E-state index is 0.112. The molecule has 0 unspecified atom stereocenters. The quantitative estimate of drug-likeness (QED) is 0.802. The first kappa shape index (κ1) is 9.74. The maximum atomic E-state index is 9.10. The van der Waals surface area contributed by atoms with Crippen LogP contribution in [0.15, 0.2) is 18.3 Å². The molecule has 1 fully saturated rings. The molecule has 1 aromatic heterocycles. The van der Waals surface area contributed by atoms with Crippen LogP contribution in [0, 0.1) is 5.41 Å². The number of pyridine rings is 1. The van der Waals surface area contributed by atoms with E-state index in [0.717, 1.165) is 25.2 Å². The monoisotopic (exact) mass is 212 g/mol. The first-order chi connectivity index (χ1) is 6.74. The van der Waals surface area contributed by atoms with Crippen molar-refractivity contribution in [3.63, 3.8) is 0 Å². The fraction of sp³-hybridized carbons (Fsp3) is 0.500. The first-order valence-electron chi connectivity index (χ1n) is 4.70. The summed E-state index contributed by atoms with van der Waals surface area (Å²) in [7, 11) is 0. The van der Waals surface area contributed by atoms with Crippen molar-refractivity contribution >= 4 is 17.4 Å². The lowest BCUT2D eigenvalue weighted by Gasteiger charge is -2.12. The smallest absolute Gasteiger partial charge is 0.126 e. The van der Waals surface area contributed by atoms with Crippen molar-refractivity contribution in [3.8, 4) is 0 Å². The van der Waals surface area contributed by atoms with Crippen molar-refractivity contribution in [2.75, 3.05) is 18.5 Å². The van der Waals surface area contributed by atoms with Crippen LogP contribution < -0.4 is 5.32 Å². The lowest BCUT2D eigenvalue weighted by atomic mass is 10.1. The maximum absolute atomic E-state index is 9.10. The Morgan fingerprint density at radius 1 is 1.50 bits per heavy atom. The summed E-state index contributed by atoms with van der Waals surface area (Å²) < 4.78 is 0. The van der Waals surface area contributed by atoms with E-state index in [-0.39, 0.29) is 12.0 Å². The molecular formula is C10H13ClN2O. The van der Waals surface area contributed by atoms with Crippen LogP contribution in [0.25, 0.3) is 0 Å². The summed E-state index contributed by atoms with van der Waals surface area (Å²) in [5.41, 5.74) is 0.112. The van der Waals surface area contributed by atoms with E-state index in [2.05, 4.69) is 10.3 Å². The van der Waals surface area contributed by atoms with Gasteiger partial charge in [-0.1, -0.05) is 11.6 Å². The predicted octanol–water partition coefficient (Wildman–Crippen LogP) is 1.92. The average Bonchev–Trinajstić information content (AvgIpc) is 2.98. The molecule has 0 atom stereocenters. The first-order valence-corrected chi connectivity index (χ1v) is 5.08. The van der Waals surface area contributed by atoms with Gasteiger partial charge in [-0.2, -0.15) is 0 Å². The second-order valence-electron chi connectivity index (χ2n) is 3.87. The van der Waals surface area contributed by atoms with Crippen molar-refractivity contribution in [1.29, 1.82) is 0 Å². The Kier molecular flexibility index (Phi) is 2.61. The molecule has 2 rings (SSSR count). The number of nitrogens with zero attached hydrogens (tertiary/aromatic N) is 1. The molecule has 0 bridgehead atoms. The summed E-state index contributed by atoms with van der Waals surface area (Å²) in [6, 6.07) is 3.64. The lowest BCUT2D eigenvalue weighted by molar-refractivity contribution is 0.219. The molecule has 0 aromatic carbocycles. The molecular weight excluding hydrogens is 200 g/mol. The molecule has 14 heavy (non-hydrogen) atoms. The number of hydrogen-bond acceptors (Lipinski definition) is 3. The van der Waals surface area contributed by atoms with Gasteiger partial charge >= 0.3 is 0 Å². The van der Waals surface area contributed by atoms with Crippen LogP contribution >= 0.6 is 11.6 Å². The summed E-state index contributed by atoms with van der Waals surface area (Å²) in [4.78, 5) is 4.12. The van der Waals surface area contributed by atoms with Crippen LogP contribution in [0.4, 0.5) is 5.82 Å². The van der Waals surface area contributed by atoms with Crippen molar-refractivity contribution in [2.24, 2.45) is 5.41 Å². The summed E-state index contributed by atoms with van der Waals surface area (Å²) in [5.74, 6) is 0.814. The van der Waals surface area contributed by atoms with Crippen LogP contribution in [0.5, 0.6) is 0 Å². The number of nitrogens with one attached hydrogen (secondary N) is 1. The minimum absolute atomic E-state index is 0.112. The van der Waals surface area contributed by atoms with E-state index in [1.54, 1.807) is 12.3 Å². The van der Waals surface area contributed by atoms with Crippen molar-refractivity contribution in [3.05, 3.63) is 23.4 Å². The van der Waals surface area contributed by atoms with Gasteiger partial charge in [-0.3, -0.25) is 0 Å². The number of hydrogen-bond donors (Lipinski definition) is 2. The Balaban J connectivity index is 1.89. The molecule has 1 saturated carbocycles. The molecule has 2 N–H and O–H groups in total. The van der Waals surface area contributed by atoms with E-state index in [9.17, 15) is 0 Å². The van der Waals surface area contributed by atoms with Gasteiger partial charge < -0.3 is 10.4 Å². The Morgan fingerprint density at radius 3 is 2.79 bits per heavy atom. The summed E-state index contributed by atoms with van der Waals surface area (Å²) in [5, 5.41) is 12.9. The zero-order valence-corrected chi connectivity index (χ0v) is 8.59. The Morgan fingerprint density at radius 2 is 2.29 bits per heavy atom. The molecule has 0 radical (unpaired) electrons. The number of aromatic nitrogens is 1. The van der Waals surface area contributed by atoms with Gasteiger partial charge in [0.05, 0.1) is 11.6 Å². The van der Waals surface area contributed by atoms with E-state index in [4.69, 9.17) is 16.7 Å². The topological polar surface area (TPSA) is 45.1 Å². The van der Waals surface area contributed by atoms with Gasteiger partial charge in [0.2, 0.25) is 0 Å². The van der Waals surface area contributed by atoms with Gasteiger partial charge in [-0.05, 0) is 25.0 Å². The van der Waals surface area contributed by atoms with E-state index in [1.165, 1.54) is 0 Å². The molecule has 0 aliphatic heterocycles. The lowest BCUT2D eigenvalue weighted by Crippen LogP contribution is -2.19. The van der Waals surface area contributed by atoms with Crippen LogP contribution in [0.1, 0.15) is 12.8 Å². The highest BCUT2D eigenvalue weighted by Crippen LogP contribution is 2.44. The highest BCUT2D eigenvalue weighted by Gasteiger charge is 2.41. The highest BCUT2D eigenvalue weighted by atomic mass is 35.5. The van der Waals surface area contributed by atoms with E-state index < -0.39 is 0 Å². The van der Waals surface area contributed by atoms with Crippen molar-refractivity contribution < 1.29 is 5.11 Å². The molecule has 76 valence electrons. The van der Waals surface area contributed by atoms with E-state index in [0.29, 0.717) is 5.02 Å². The minimum Gasteiger partial charge on any atom is -0.396 e. The summed E-state index contributed by atoms with van der Waals surface area (Å²) in [6.45, 7) is 1.05. The number of anilines is 1. The Hall–Kier alpha value is -0.800. The third kappa shape index (κ3) is 2.16. The van der Waals surface area contributed by atoms with Crippen molar-refractivity contribution in [2.45, 2.75) is 12.8 Å². The predicted molar refractivity (Wildman–Crippen MR) is 56.5 cm³/mol. The zero-order chi connectivity index (χ0) is 10.0. The molecule has 1 aromatic rings. The normalized spacial score (nSPS) is 17.9. The van der Waals surface area contributed by atoms with E-state index >= 15 is 0 Å². The van der Waals surface area contributed by atoms with Gasteiger partial charge in [-0.25, -0.2) is 4.98 Å². The number of rotatable bonds is 4. The third-order valence-electron chi connectivity index (χ3n) is 2.66. The SMILES string of the molecule is OCC1(CNc2ccc(Cl)cn2)CC1. The largest absolute Gasteiger partial charge is 0.396 e. The molecule has 1 heterocycles. The van der Waals surface area contributed by atoms with Crippen LogP contribution in [0.3, 0.4) is 0 Å². The van der Waals surface area contributed by atoms with Crippen LogP contribution in [-0.4, -0.2) is 23.2 Å². The molecule has 3 nitrogen and oxygen atoms in total. The number of aliphatic hydroxyl groups is 1. The molecule has 0 amide bonds. The molecule has 1 aliphatic rings. The standard InChI is InChI=1S/C10H13ClN2O/c11-8-1-2-9(12-5-8)13-6-10(7-14)3-4-10/h1-2,5,14H,3-4,6-7H2,(H,12,13). The van der Waals surface area contributed by atoms with Gasteiger partial charge in [0.15, 0.2) is 0 Å². The average molecular weight is 213 g/mol. The summed E-state index contributed by atoms with van der Waals surface area (Å²) in [6.07, 6.45) is 3.82. The second-order valence-corrected chi connectivity index (χ2v) is 4.31. The molecule has 4 heteroatoms. The highest BCUT2D eigenvalue weighted by molar-refractivity contribution is 6.30. The Labute approximate surface area is 88.1 Å². The van der Waals surface area contributed by atoms with Gasteiger partial charge in [0.25, 0.3) is 0 Å². The maximum Gasteiger partial charge on any atom is 0.126 e. The zero-order valence-electron chi connectivity index (χ0n) is 7.83. The Bertz CT molecular complexity index is 308. The summed E-state index contributed by atoms with van der Waals surface area (Å²) >= 11 is 5.71. The number of halogens is 1. The fourth-order valence-corrected chi connectivity index (χ4v) is 1.44. The third-order valence-corrected chi connectivity index (χ3v) is 2.89. The van der Waals surface area contributed by atoms with E-state index in [1.807, 2.05) is 6.07 Å². The van der Waals surface area contributed by atoms with Gasteiger partial charge in [0.1, 0.15) is 5.82 Å². The van der Waals surface area contributed by atoms with Gasteiger partial charge in [0, 0.05) is 18.2 Å². The molecule has 1 aliphatic carbocycles. The molecule has 0 saturated heterocycles. The fourth-order valence-electron chi connectivity index (χ4n) is 1.33. The van der Waals surface area contributed by atoms with Crippen LogP contribution in [0.2, 0.25) is 5.02 Å². The number of aliphatic hydroxyl groups excluding tert-OH is 1.